The molecule has 0 bridgehead atoms. The largest absolute Gasteiger partial charge is 0.383 e. The normalized spacial score (nSPS) is 11.7. The number of amidine groups is 1. The van der Waals surface area contributed by atoms with Gasteiger partial charge in [-0.3, -0.25) is 0 Å². The number of hydrogen-bond acceptors (Lipinski definition) is 3. The molecule has 0 saturated heterocycles. The Hall–Kier alpha value is -1.39. The minimum absolute atomic E-state index is 0.287. The smallest absolute Gasteiger partial charge is 0.136 e. The van der Waals surface area contributed by atoms with Gasteiger partial charge in [-0.15, -0.1) is 0 Å². The molecule has 0 saturated carbocycles. The van der Waals surface area contributed by atoms with Crippen LogP contribution in [0.3, 0.4) is 0 Å². The quantitative estimate of drug-likeness (QED) is 0.444. The SMILES string of the molecule is NCc1ccc(/C(N)=N/CO)cc1. The highest BCUT2D eigenvalue weighted by molar-refractivity contribution is 5.97. The Morgan fingerprint density at radius 3 is 2.38 bits per heavy atom. The highest BCUT2D eigenvalue weighted by atomic mass is 16.3. The molecule has 5 N–H and O–H groups in total. The van der Waals surface area contributed by atoms with E-state index in [1.54, 1.807) is 0 Å². The Balaban J connectivity index is 2.85. The zero-order valence-corrected chi connectivity index (χ0v) is 7.27. The zero-order valence-electron chi connectivity index (χ0n) is 7.27. The number of aliphatic imine (C=N–C) groups is 1. The predicted molar refractivity (Wildman–Crippen MR) is 52.1 cm³/mol. The van der Waals surface area contributed by atoms with Crippen molar-refractivity contribution < 1.29 is 5.11 Å². The third-order valence-electron chi connectivity index (χ3n) is 1.73. The molecule has 1 aromatic carbocycles. The van der Waals surface area contributed by atoms with E-state index in [2.05, 4.69) is 4.99 Å². The first-order valence-corrected chi connectivity index (χ1v) is 3.98. The Morgan fingerprint density at radius 2 is 1.92 bits per heavy atom. The minimum atomic E-state index is -0.287. The molecule has 0 aromatic heterocycles. The Bertz CT molecular complexity index is 292. The summed E-state index contributed by atoms with van der Waals surface area (Å²) in [5, 5.41) is 8.51. The maximum Gasteiger partial charge on any atom is 0.136 e. The van der Waals surface area contributed by atoms with Gasteiger partial charge in [0.1, 0.15) is 12.6 Å². The number of nitrogens with zero attached hydrogens (tertiary/aromatic N) is 1. The zero-order chi connectivity index (χ0) is 9.68. The first-order valence-electron chi connectivity index (χ1n) is 3.98. The van der Waals surface area contributed by atoms with Crippen LogP contribution in [0.15, 0.2) is 29.3 Å². The van der Waals surface area contributed by atoms with Gasteiger partial charge in [0.05, 0.1) is 0 Å². The van der Waals surface area contributed by atoms with Crippen molar-refractivity contribution in [2.75, 3.05) is 6.73 Å². The summed E-state index contributed by atoms with van der Waals surface area (Å²) in [7, 11) is 0. The third kappa shape index (κ3) is 2.54. The third-order valence-corrected chi connectivity index (χ3v) is 1.73. The second-order valence-corrected chi connectivity index (χ2v) is 2.59. The van der Waals surface area contributed by atoms with Gasteiger partial charge in [0.25, 0.3) is 0 Å². The summed E-state index contributed by atoms with van der Waals surface area (Å²) < 4.78 is 0. The lowest BCUT2D eigenvalue weighted by Crippen LogP contribution is -2.14. The Labute approximate surface area is 76.9 Å². The maximum atomic E-state index is 8.51. The van der Waals surface area contributed by atoms with Gasteiger partial charge in [0.2, 0.25) is 0 Å². The van der Waals surface area contributed by atoms with E-state index in [1.165, 1.54) is 0 Å². The van der Waals surface area contributed by atoms with Crippen molar-refractivity contribution in [3.8, 4) is 0 Å². The number of rotatable bonds is 3. The molecular formula is C9H13N3O. The molecule has 0 aliphatic rings. The van der Waals surface area contributed by atoms with E-state index in [9.17, 15) is 0 Å². The second-order valence-electron chi connectivity index (χ2n) is 2.59. The van der Waals surface area contributed by atoms with Crippen LogP contribution >= 0.6 is 0 Å². The number of aliphatic hydroxyl groups is 1. The summed E-state index contributed by atoms with van der Waals surface area (Å²) in [6.45, 7) is 0.224. The van der Waals surface area contributed by atoms with Crippen molar-refractivity contribution in [2.45, 2.75) is 6.54 Å². The van der Waals surface area contributed by atoms with E-state index in [-0.39, 0.29) is 6.73 Å². The molecule has 0 aliphatic carbocycles. The van der Waals surface area contributed by atoms with Gasteiger partial charge in [-0.25, -0.2) is 4.99 Å². The molecule has 1 rings (SSSR count). The van der Waals surface area contributed by atoms with E-state index in [4.69, 9.17) is 16.6 Å². The molecule has 70 valence electrons. The maximum absolute atomic E-state index is 8.51. The summed E-state index contributed by atoms with van der Waals surface area (Å²) in [6.07, 6.45) is 0. The van der Waals surface area contributed by atoms with E-state index >= 15 is 0 Å². The number of benzene rings is 1. The van der Waals surface area contributed by atoms with E-state index in [1.807, 2.05) is 24.3 Å². The highest BCUT2D eigenvalue weighted by Gasteiger charge is 1.96. The molecule has 0 unspecified atom stereocenters. The molecule has 0 aliphatic heterocycles. The van der Waals surface area contributed by atoms with Gasteiger partial charge in [-0.1, -0.05) is 24.3 Å². The van der Waals surface area contributed by atoms with Gasteiger partial charge in [0.15, 0.2) is 0 Å². The lowest BCUT2D eigenvalue weighted by molar-refractivity contribution is 0.309. The number of nitrogens with two attached hydrogens (primary N) is 2. The molecule has 13 heavy (non-hydrogen) atoms. The molecule has 0 spiro atoms. The second kappa shape index (κ2) is 4.59. The number of aliphatic hydroxyl groups excluding tert-OH is 1. The van der Waals surface area contributed by atoms with Crippen LogP contribution < -0.4 is 11.5 Å². The monoisotopic (exact) mass is 179 g/mol. The lowest BCUT2D eigenvalue weighted by atomic mass is 10.1. The molecule has 0 fully saturated rings. The van der Waals surface area contributed by atoms with Crippen LogP contribution in [-0.4, -0.2) is 17.7 Å². The molecule has 0 radical (unpaired) electrons. The van der Waals surface area contributed by atoms with Gasteiger partial charge in [-0.05, 0) is 5.56 Å². The predicted octanol–water partition coefficient (Wildman–Crippen LogP) is -0.200. The minimum Gasteiger partial charge on any atom is -0.383 e. The molecule has 4 nitrogen and oxygen atoms in total. The lowest BCUT2D eigenvalue weighted by Gasteiger charge is -2.01. The fourth-order valence-corrected chi connectivity index (χ4v) is 0.979. The fraction of sp³-hybridized carbons (Fsp3) is 0.222. The van der Waals surface area contributed by atoms with Crippen molar-refractivity contribution in [3.63, 3.8) is 0 Å². The molecule has 0 atom stereocenters. The van der Waals surface area contributed by atoms with Crippen LogP contribution in [0.5, 0.6) is 0 Å². The van der Waals surface area contributed by atoms with Crippen molar-refractivity contribution in [3.05, 3.63) is 35.4 Å². The van der Waals surface area contributed by atoms with E-state index in [0.717, 1.165) is 11.1 Å². The van der Waals surface area contributed by atoms with Crippen LogP contribution in [0.2, 0.25) is 0 Å². The Kier molecular flexibility index (Phi) is 3.42. The summed E-state index contributed by atoms with van der Waals surface area (Å²) in [5.74, 6) is 0.339. The molecule has 1 aromatic rings. The van der Waals surface area contributed by atoms with Crippen LogP contribution in [0.1, 0.15) is 11.1 Å². The summed E-state index contributed by atoms with van der Waals surface area (Å²) >= 11 is 0. The molecule has 0 amide bonds. The first-order chi connectivity index (χ1) is 6.27. The average Bonchev–Trinajstić information content (AvgIpc) is 2.18. The molecule has 4 heteroatoms. The van der Waals surface area contributed by atoms with Crippen molar-refractivity contribution in [2.24, 2.45) is 16.5 Å². The topological polar surface area (TPSA) is 84.6 Å². The van der Waals surface area contributed by atoms with E-state index < -0.39 is 0 Å². The molecular weight excluding hydrogens is 166 g/mol. The molecule has 0 heterocycles. The van der Waals surface area contributed by atoms with Crippen molar-refractivity contribution in [1.29, 1.82) is 0 Å². The standard InChI is InChI=1S/C9H13N3O/c10-5-7-1-3-8(4-2-7)9(11)12-6-13/h1-4,13H,5-6,10H2,(H2,11,12). The summed E-state index contributed by atoms with van der Waals surface area (Å²) in [6, 6.07) is 7.43. The first kappa shape index (κ1) is 9.70. The highest BCUT2D eigenvalue weighted by Crippen LogP contribution is 2.03. The summed E-state index contributed by atoms with van der Waals surface area (Å²) in [4.78, 5) is 3.67. The summed E-state index contributed by atoms with van der Waals surface area (Å²) in [5.41, 5.74) is 12.8. The van der Waals surface area contributed by atoms with Gasteiger partial charge in [-0.2, -0.15) is 0 Å². The Morgan fingerprint density at radius 1 is 1.31 bits per heavy atom. The fourth-order valence-electron chi connectivity index (χ4n) is 0.979. The average molecular weight is 179 g/mol. The van der Waals surface area contributed by atoms with Crippen LogP contribution in [0.4, 0.5) is 0 Å². The van der Waals surface area contributed by atoms with Gasteiger partial charge < -0.3 is 16.6 Å². The van der Waals surface area contributed by atoms with Crippen molar-refractivity contribution >= 4 is 5.84 Å². The van der Waals surface area contributed by atoms with Crippen LogP contribution in [0, 0.1) is 0 Å². The van der Waals surface area contributed by atoms with Gasteiger partial charge in [0, 0.05) is 12.1 Å². The van der Waals surface area contributed by atoms with Gasteiger partial charge >= 0.3 is 0 Å². The van der Waals surface area contributed by atoms with E-state index in [0.29, 0.717) is 12.4 Å². The van der Waals surface area contributed by atoms with Crippen LogP contribution in [0.25, 0.3) is 0 Å². The van der Waals surface area contributed by atoms with Crippen LogP contribution in [-0.2, 0) is 6.54 Å². The van der Waals surface area contributed by atoms with Crippen molar-refractivity contribution in [1.82, 2.24) is 0 Å². The number of hydrogen-bond donors (Lipinski definition) is 3.